The molecule has 2 N–H and O–H groups in total. The number of piperazine rings is 1. The normalized spacial score (nSPS) is 17.7. The van der Waals surface area contributed by atoms with E-state index in [1.54, 1.807) is 12.4 Å². The molecule has 0 aliphatic carbocycles. The van der Waals surface area contributed by atoms with Crippen LogP contribution in [-0.4, -0.2) is 47.6 Å². The van der Waals surface area contributed by atoms with Gasteiger partial charge < -0.3 is 10.6 Å². The summed E-state index contributed by atoms with van der Waals surface area (Å²) in [6.45, 7) is 9.89. The van der Waals surface area contributed by atoms with Gasteiger partial charge in [-0.2, -0.15) is 0 Å². The Morgan fingerprint density at radius 2 is 1.94 bits per heavy atom. The molecule has 1 aromatic heterocycles. The molecule has 0 atom stereocenters. The average Bonchev–Trinajstić information content (AvgIpc) is 2.29. The maximum atomic E-state index is 5.65. The highest BCUT2D eigenvalue weighted by Crippen LogP contribution is 2.14. The molecule has 0 radical (unpaired) electrons. The Bertz CT molecular complexity index is 358. The molecular formula is C12H21N5. The van der Waals surface area contributed by atoms with Gasteiger partial charge in [-0.25, -0.2) is 4.98 Å². The number of nitrogens with zero attached hydrogens (tertiary/aromatic N) is 4. The Labute approximate surface area is 103 Å². The summed E-state index contributed by atoms with van der Waals surface area (Å²) < 4.78 is 0. The number of anilines is 2. The highest BCUT2D eigenvalue weighted by Gasteiger charge is 2.18. The molecule has 1 fully saturated rings. The summed E-state index contributed by atoms with van der Waals surface area (Å²) in [6, 6.07) is 0. The Kier molecular flexibility index (Phi) is 3.78. The minimum absolute atomic E-state index is 0.493. The van der Waals surface area contributed by atoms with Gasteiger partial charge in [0.1, 0.15) is 11.6 Å². The van der Waals surface area contributed by atoms with E-state index in [1.807, 2.05) is 0 Å². The predicted octanol–water partition coefficient (Wildman–Crippen LogP) is 0.837. The topological polar surface area (TPSA) is 58.3 Å². The van der Waals surface area contributed by atoms with Crippen molar-refractivity contribution < 1.29 is 0 Å². The molecule has 1 saturated heterocycles. The largest absolute Gasteiger partial charge is 0.382 e. The van der Waals surface area contributed by atoms with E-state index in [4.69, 9.17) is 5.73 Å². The minimum atomic E-state index is 0.493. The summed E-state index contributed by atoms with van der Waals surface area (Å²) in [5.41, 5.74) is 5.65. The van der Waals surface area contributed by atoms with Crippen LogP contribution < -0.4 is 10.6 Å². The number of nitrogens with two attached hydrogens (primary N) is 1. The van der Waals surface area contributed by atoms with Crippen molar-refractivity contribution in [3.8, 4) is 0 Å². The lowest BCUT2D eigenvalue weighted by molar-refractivity contribution is 0.231. The summed E-state index contributed by atoms with van der Waals surface area (Å²) in [5, 5.41) is 0. The van der Waals surface area contributed by atoms with Crippen LogP contribution in [0.2, 0.25) is 0 Å². The van der Waals surface area contributed by atoms with E-state index in [-0.39, 0.29) is 0 Å². The molecule has 0 unspecified atom stereocenters. The summed E-state index contributed by atoms with van der Waals surface area (Å²) in [4.78, 5) is 13.1. The van der Waals surface area contributed by atoms with Crippen molar-refractivity contribution in [3.63, 3.8) is 0 Å². The van der Waals surface area contributed by atoms with E-state index in [2.05, 4.69) is 33.6 Å². The summed E-state index contributed by atoms with van der Waals surface area (Å²) in [6.07, 6.45) is 3.37. The third kappa shape index (κ3) is 3.30. The van der Waals surface area contributed by atoms with Gasteiger partial charge in [0.2, 0.25) is 0 Å². The standard InChI is InChI=1S/C12H21N5/c1-10(2)9-16-3-5-17(6-4-16)12-8-14-7-11(13)15-12/h7-8,10H,3-6,9H2,1-2H3,(H2,13,15). The fourth-order valence-corrected chi connectivity index (χ4v) is 2.20. The number of nitrogen functional groups attached to an aromatic ring is 1. The Morgan fingerprint density at radius 3 is 2.53 bits per heavy atom. The van der Waals surface area contributed by atoms with Crippen LogP contribution in [0.4, 0.5) is 11.6 Å². The fraction of sp³-hybridized carbons (Fsp3) is 0.667. The molecule has 5 nitrogen and oxygen atoms in total. The number of hydrogen-bond acceptors (Lipinski definition) is 5. The molecule has 1 aromatic rings. The second-order valence-electron chi connectivity index (χ2n) is 4.98. The third-order valence-corrected chi connectivity index (χ3v) is 2.96. The Morgan fingerprint density at radius 1 is 1.24 bits per heavy atom. The monoisotopic (exact) mass is 235 g/mol. The van der Waals surface area contributed by atoms with Gasteiger partial charge in [-0.05, 0) is 5.92 Å². The van der Waals surface area contributed by atoms with E-state index in [0.29, 0.717) is 5.82 Å². The van der Waals surface area contributed by atoms with E-state index in [0.717, 1.165) is 37.9 Å². The Balaban J connectivity index is 1.91. The van der Waals surface area contributed by atoms with Crippen molar-refractivity contribution in [1.82, 2.24) is 14.9 Å². The molecule has 0 saturated carbocycles. The van der Waals surface area contributed by atoms with Crippen molar-refractivity contribution in [3.05, 3.63) is 12.4 Å². The van der Waals surface area contributed by atoms with Crippen LogP contribution in [-0.2, 0) is 0 Å². The zero-order valence-corrected chi connectivity index (χ0v) is 10.6. The first kappa shape index (κ1) is 12.1. The van der Waals surface area contributed by atoms with Crippen LogP contribution >= 0.6 is 0 Å². The molecule has 0 spiro atoms. The highest BCUT2D eigenvalue weighted by molar-refractivity contribution is 5.41. The molecule has 2 rings (SSSR count). The van der Waals surface area contributed by atoms with Crippen molar-refractivity contribution in [2.75, 3.05) is 43.4 Å². The quantitative estimate of drug-likeness (QED) is 0.841. The summed E-state index contributed by atoms with van der Waals surface area (Å²) in [7, 11) is 0. The lowest BCUT2D eigenvalue weighted by atomic mass is 10.2. The maximum Gasteiger partial charge on any atom is 0.149 e. The first-order chi connectivity index (χ1) is 8.15. The first-order valence-electron chi connectivity index (χ1n) is 6.20. The lowest BCUT2D eigenvalue weighted by Crippen LogP contribution is -2.47. The van der Waals surface area contributed by atoms with Crippen molar-refractivity contribution in [2.24, 2.45) is 5.92 Å². The van der Waals surface area contributed by atoms with Crippen molar-refractivity contribution in [2.45, 2.75) is 13.8 Å². The van der Waals surface area contributed by atoms with Gasteiger partial charge in [-0.3, -0.25) is 9.88 Å². The molecule has 1 aliphatic heterocycles. The molecule has 5 heteroatoms. The van der Waals surface area contributed by atoms with Crippen LogP contribution in [0.5, 0.6) is 0 Å². The van der Waals surface area contributed by atoms with Gasteiger partial charge in [0.15, 0.2) is 0 Å². The van der Waals surface area contributed by atoms with Gasteiger partial charge >= 0.3 is 0 Å². The van der Waals surface area contributed by atoms with Crippen molar-refractivity contribution >= 4 is 11.6 Å². The second kappa shape index (κ2) is 5.31. The molecule has 0 bridgehead atoms. The van der Waals surface area contributed by atoms with Crippen LogP contribution in [0.1, 0.15) is 13.8 Å². The fourth-order valence-electron chi connectivity index (χ4n) is 2.20. The van der Waals surface area contributed by atoms with Crippen LogP contribution in [0.25, 0.3) is 0 Å². The SMILES string of the molecule is CC(C)CN1CCN(c2cncc(N)n2)CC1. The summed E-state index contributed by atoms with van der Waals surface area (Å²) >= 11 is 0. The molecular weight excluding hydrogens is 214 g/mol. The molecule has 94 valence electrons. The second-order valence-corrected chi connectivity index (χ2v) is 4.98. The number of rotatable bonds is 3. The maximum absolute atomic E-state index is 5.65. The van der Waals surface area contributed by atoms with Crippen LogP contribution in [0, 0.1) is 5.92 Å². The smallest absolute Gasteiger partial charge is 0.149 e. The lowest BCUT2D eigenvalue weighted by Gasteiger charge is -2.36. The predicted molar refractivity (Wildman–Crippen MR) is 69.9 cm³/mol. The molecule has 0 aromatic carbocycles. The van der Waals surface area contributed by atoms with Gasteiger partial charge in [-0.1, -0.05) is 13.8 Å². The van der Waals surface area contributed by atoms with Gasteiger partial charge in [0.25, 0.3) is 0 Å². The van der Waals surface area contributed by atoms with Gasteiger partial charge in [-0.15, -0.1) is 0 Å². The highest BCUT2D eigenvalue weighted by atomic mass is 15.3. The van der Waals surface area contributed by atoms with Crippen LogP contribution in [0.15, 0.2) is 12.4 Å². The first-order valence-corrected chi connectivity index (χ1v) is 6.20. The van der Waals surface area contributed by atoms with E-state index < -0.39 is 0 Å². The van der Waals surface area contributed by atoms with E-state index in [1.165, 1.54) is 6.54 Å². The zero-order valence-electron chi connectivity index (χ0n) is 10.6. The zero-order chi connectivity index (χ0) is 12.3. The number of aromatic nitrogens is 2. The van der Waals surface area contributed by atoms with Crippen molar-refractivity contribution in [1.29, 1.82) is 0 Å². The summed E-state index contributed by atoms with van der Waals surface area (Å²) in [5.74, 6) is 2.12. The average molecular weight is 235 g/mol. The Hall–Kier alpha value is -1.36. The van der Waals surface area contributed by atoms with Gasteiger partial charge in [0, 0.05) is 32.7 Å². The van der Waals surface area contributed by atoms with E-state index >= 15 is 0 Å². The van der Waals surface area contributed by atoms with E-state index in [9.17, 15) is 0 Å². The molecule has 17 heavy (non-hydrogen) atoms. The number of hydrogen-bond donors (Lipinski definition) is 1. The van der Waals surface area contributed by atoms with Gasteiger partial charge in [0.05, 0.1) is 12.4 Å². The van der Waals surface area contributed by atoms with Crippen LogP contribution in [0.3, 0.4) is 0 Å². The minimum Gasteiger partial charge on any atom is -0.382 e. The molecule has 2 heterocycles. The third-order valence-electron chi connectivity index (χ3n) is 2.96. The molecule has 0 amide bonds. The molecule has 1 aliphatic rings.